The van der Waals surface area contributed by atoms with Crippen LogP contribution in [-0.2, 0) is 7.05 Å². The van der Waals surface area contributed by atoms with Crippen LogP contribution in [0.5, 0.6) is 0 Å². The molecule has 1 aromatic rings. The fourth-order valence-corrected chi connectivity index (χ4v) is 2.13. The molecule has 0 radical (unpaired) electrons. The van der Waals surface area contributed by atoms with Gasteiger partial charge in [0.25, 0.3) is 5.91 Å². The van der Waals surface area contributed by atoms with Crippen LogP contribution in [-0.4, -0.2) is 46.8 Å². The number of amides is 1. The first-order chi connectivity index (χ1) is 7.59. The summed E-state index contributed by atoms with van der Waals surface area (Å²) < 4.78 is 1.65. The molecular weight excluding hydrogens is 204 g/mol. The zero-order chi connectivity index (χ0) is 11.7. The van der Waals surface area contributed by atoms with Gasteiger partial charge < -0.3 is 10.2 Å². The van der Waals surface area contributed by atoms with Crippen molar-refractivity contribution in [2.75, 3.05) is 20.1 Å². The maximum atomic E-state index is 12.2. The van der Waals surface area contributed by atoms with Crippen LogP contribution in [0.15, 0.2) is 6.07 Å². The second-order valence-electron chi connectivity index (χ2n) is 4.36. The van der Waals surface area contributed by atoms with Gasteiger partial charge in [-0.05, 0) is 26.0 Å². The number of nitrogens with zero attached hydrogens (tertiary/aromatic N) is 3. The van der Waals surface area contributed by atoms with Crippen LogP contribution < -0.4 is 5.32 Å². The summed E-state index contributed by atoms with van der Waals surface area (Å²) in [6.45, 7) is 3.78. The fraction of sp³-hybridized carbons (Fsp3) is 0.636. The van der Waals surface area contributed by atoms with E-state index in [0.29, 0.717) is 11.7 Å². The van der Waals surface area contributed by atoms with E-state index in [1.54, 1.807) is 11.7 Å². The third-order valence-corrected chi connectivity index (χ3v) is 3.12. The van der Waals surface area contributed by atoms with E-state index in [1.807, 2.05) is 24.9 Å². The summed E-state index contributed by atoms with van der Waals surface area (Å²) in [6.07, 6.45) is 1.03. The van der Waals surface area contributed by atoms with E-state index in [0.717, 1.165) is 25.2 Å². The normalized spacial score (nSPS) is 20.1. The van der Waals surface area contributed by atoms with Crippen LogP contribution in [0.4, 0.5) is 0 Å². The number of carbonyl (C=O) groups is 1. The number of aryl methyl sites for hydroxylation is 2. The van der Waals surface area contributed by atoms with Crippen molar-refractivity contribution in [2.45, 2.75) is 19.4 Å². The van der Waals surface area contributed by atoms with Crippen molar-refractivity contribution in [3.8, 4) is 0 Å². The molecule has 1 aliphatic rings. The Morgan fingerprint density at radius 2 is 2.44 bits per heavy atom. The van der Waals surface area contributed by atoms with E-state index in [9.17, 15) is 4.79 Å². The van der Waals surface area contributed by atoms with Gasteiger partial charge in [-0.2, -0.15) is 5.10 Å². The fourth-order valence-electron chi connectivity index (χ4n) is 2.13. The lowest BCUT2D eigenvalue weighted by Crippen LogP contribution is -2.39. The van der Waals surface area contributed by atoms with Crippen LogP contribution in [0, 0.1) is 6.92 Å². The van der Waals surface area contributed by atoms with E-state index >= 15 is 0 Å². The molecule has 0 bridgehead atoms. The van der Waals surface area contributed by atoms with Crippen LogP contribution in [0.25, 0.3) is 0 Å². The van der Waals surface area contributed by atoms with Gasteiger partial charge in [-0.3, -0.25) is 9.48 Å². The van der Waals surface area contributed by atoms with Crippen LogP contribution in [0.3, 0.4) is 0 Å². The molecule has 16 heavy (non-hydrogen) atoms. The van der Waals surface area contributed by atoms with Gasteiger partial charge in [0.15, 0.2) is 0 Å². The summed E-state index contributed by atoms with van der Waals surface area (Å²) in [5.41, 5.74) is 1.54. The first kappa shape index (κ1) is 11.1. The first-order valence-corrected chi connectivity index (χ1v) is 5.58. The molecular formula is C11H18N4O. The largest absolute Gasteiger partial charge is 0.336 e. The molecule has 2 heterocycles. The zero-order valence-electron chi connectivity index (χ0n) is 10.0. The summed E-state index contributed by atoms with van der Waals surface area (Å²) in [5.74, 6) is 0.0526. The molecule has 88 valence electrons. The molecule has 2 rings (SSSR count). The summed E-state index contributed by atoms with van der Waals surface area (Å²) in [4.78, 5) is 14.0. The minimum absolute atomic E-state index is 0.0526. The Kier molecular flexibility index (Phi) is 2.96. The van der Waals surface area contributed by atoms with Crippen molar-refractivity contribution in [1.82, 2.24) is 20.0 Å². The lowest BCUT2D eigenvalue weighted by Gasteiger charge is -2.23. The standard InChI is InChI=1S/C11H18N4O/c1-8-6-10(15(3)13-8)11(16)14(2)9-4-5-12-7-9/h6,9,12H,4-5,7H2,1-3H3. The Hall–Kier alpha value is -1.36. The SMILES string of the molecule is Cc1cc(C(=O)N(C)C2CCNC2)n(C)n1. The van der Waals surface area contributed by atoms with Crippen LogP contribution >= 0.6 is 0 Å². The van der Waals surface area contributed by atoms with Gasteiger partial charge >= 0.3 is 0 Å². The zero-order valence-corrected chi connectivity index (χ0v) is 10.0. The molecule has 1 atom stereocenters. The Morgan fingerprint density at radius 1 is 1.69 bits per heavy atom. The molecule has 0 spiro atoms. The maximum absolute atomic E-state index is 12.2. The molecule has 5 heteroatoms. The second-order valence-corrected chi connectivity index (χ2v) is 4.36. The van der Waals surface area contributed by atoms with Gasteiger partial charge in [-0.25, -0.2) is 0 Å². The number of hydrogen-bond acceptors (Lipinski definition) is 3. The minimum Gasteiger partial charge on any atom is -0.336 e. The van der Waals surface area contributed by atoms with E-state index in [1.165, 1.54) is 0 Å². The van der Waals surface area contributed by atoms with E-state index in [-0.39, 0.29) is 5.91 Å². The van der Waals surface area contributed by atoms with Crippen molar-refractivity contribution in [3.63, 3.8) is 0 Å². The number of likely N-dealkylation sites (N-methyl/N-ethyl adjacent to an activating group) is 1. The van der Waals surface area contributed by atoms with E-state index < -0.39 is 0 Å². The molecule has 0 saturated carbocycles. The third-order valence-electron chi connectivity index (χ3n) is 3.12. The molecule has 0 aliphatic carbocycles. The predicted molar refractivity (Wildman–Crippen MR) is 61.3 cm³/mol. The van der Waals surface area contributed by atoms with Gasteiger partial charge in [0.1, 0.15) is 5.69 Å². The molecule has 1 saturated heterocycles. The molecule has 1 amide bonds. The van der Waals surface area contributed by atoms with Crippen molar-refractivity contribution in [1.29, 1.82) is 0 Å². The van der Waals surface area contributed by atoms with Crippen molar-refractivity contribution < 1.29 is 4.79 Å². The number of hydrogen-bond donors (Lipinski definition) is 1. The molecule has 1 aliphatic heterocycles. The topological polar surface area (TPSA) is 50.2 Å². The van der Waals surface area contributed by atoms with Gasteiger partial charge in [0.05, 0.1) is 5.69 Å². The third kappa shape index (κ3) is 1.95. The number of carbonyl (C=O) groups excluding carboxylic acids is 1. The highest BCUT2D eigenvalue weighted by Crippen LogP contribution is 2.11. The number of rotatable bonds is 2. The van der Waals surface area contributed by atoms with E-state index in [4.69, 9.17) is 0 Å². The molecule has 5 nitrogen and oxygen atoms in total. The van der Waals surface area contributed by atoms with Gasteiger partial charge in [-0.15, -0.1) is 0 Å². The summed E-state index contributed by atoms with van der Waals surface area (Å²) in [6, 6.07) is 2.14. The maximum Gasteiger partial charge on any atom is 0.272 e. The smallest absolute Gasteiger partial charge is 0.272 e. The van der Waals surface area contributed by atoms with Crippen LogP contribution in [0.2, 0.25) is 0 Å². The minimum atomic E-state index is 0.0526. The predicted octanol–water partition coefficient (Wildman–Crippen LogP) is 0.162. The Bertz CT molecular complexity index is 393. The molecule has 1 N–H and O–H groups in total. The molecule has 1 aromatic heterocycles. The van der Waals surface area contributed by atoms with Gasteiger partial charge in [0.2, 0.25) is 0 Å². The first-order valence-electron chi connectivity index (χ1n) is 5.58. The monoisotopic (exact) mass is 222 g/mol. The average Bonchev–Trinajstić information content (AvgIpc) is 2.85. The number of nitrogens with one attached hydrogen (secondary N) is 1. The highest BCUT2D eigenvalue weighted by atomic mass is 16.2. The quantitative estimate of drug-likeness (QED) is 0.775. The Labute approximate surface area is 95.4 Å². The van der Waals surface area contributed by atoms with Crippen molar-refractivity contribution in [3.05, 3.63) is 17.5 Å². The van der Waals surface area contributed by atoms with Crippen LogP contribution in [0.1, 0.15) is 22.6 Å². The second kappa shape index (κ2) is 4.25. The van der Waals surface area contributed by atoms with Crippen molar-refractivity contribution in [2.24, 2.45) is 7.05 Å². The lowest BCUT2D eigenvalue weighted by atomic mass is 10.2. The lowest BCUT2D eigenvalue weighted by molar-refractivity contribution is 0.0732. The highest BCUT2D eigenvalue weighted by Gasteiger charge is 2.25. The summed E-state index contributed by atoms with van der Waals surface area (Å²) in [7, 11) is 3.67. The summed E-state index contributed by atoms with van der Waals surface area (Å²) >= 11 is 0. The van der Waals surface area contributed by atoms with Gasteiger partial charge in [0, 0.05) is 26.7 Å². The van der Waals surface area contributed by atoms with Crippen molar-refractivity contribution >= 4 is 5.91 Å². The van der Waals surface area contributed by atoms with Gasteiger partial charge in [-0.1, -0.05) is 0 Å². The highest BCUT2D eigenvalue weighted by molar-refractivity contribution is 5.92. The molecule has 1 unspecified atom stereocenters. The van der Waals surface area contributed by atoms with E-state index in [2.05, 4.69) is 10.4 Å². The average molecular weight is 222 g/mol. The molecule has 1 fully saturated rings. The molecule has 0 aromatic carbocycles. The number of aromatic nitrogens is 2. The Morgan fingerprint density at radius 3 is 2.94 bits per heavy atom. The Balaban J connectivity index is 2.14. The summed E-state index contributed by atoms with van der Waals surface area (Å²) in [5, 5.41) is 7.46.